The third kappa shape index (κ3) is 3.38. The summed E-state index contributed by atoms with van der Waals surface area (Å²) >= 11 is 7.31. The number of thiol groups is 1. The lowest BCUT2D eigenvalue weighted by Gasteiger charge is -2.11. The number of nitrogens with zero attached hydrogens (tertiary/aromatic N) is 1. The van der Waals surface area contributed by atoms with Crippen LogP contribution in [0.4, 0.5) is 5.69 Å². The van der Waals surface area contributed by atoms with E-state index in [-0.39, 0.29) is 5.69 Å². The van der Waals surface area contributed by atoms with Crippen LogP contribution in [0.25, 0.3) is 0 Å². The predicted octanol–water partition coefficient (Wildman–Crippen LogP) is 3.30. The summed E-state index contributed by atoms with van der Waals surface area (Å²) in [7, 11) is 0. The molecule has 0 spiro atoms. The second-order valence-corrected chi connectivity index (χ2v) is 4.60. The minimum atomic E-state index is -0.445. The van der Waals surface area contributed by atoms with Gasteiger partial charge in [0.2, 0.25) is 0 Å². The van der Waals surface area contributed by atoms with Crippen molar-refractivity contribution < 1.29 is 9.66 Å². The lowest BCUT2D eigenvalue weighted by atomic mass is 10.2. The molecule has 0 saturated carbocycles. The van der Waals surface area contributed by atoms with Gasteiger partial charge in [-0.15, -0.1) is 0 Å². The Labute approximate surface area is 108 Å². The van der Waals surface area contributed by atoms with Crippen LogP contribution in [0.15, 0.2) is 22.7 Å². The van der Waals surface area contributed by atoms with Gasteiger partial charge in [0.05, 0.1) is 11.5 Å². The summed E-state index contributed by atoms with van der Waals surface area (Å²) in [6, 6.07) is 4.73. The van der Waals surface area contributed by atoms with Crippen molar-refractivity contribution in [2.45, 2.75) is 6.92 Å². The fraction of sp³-hybridized carbons (Fsp3) is 0.400. The molecule has 1 unspecified atom stereocenters. The van der Waals surface area contributed by atoms with Gasteiger partial charge in [0.15, 0.2) is 0 Å². The highest BCUT2D eigenvalue weighted by molar-refractivity contribution is 9.10. The molecule has 1 aromatic carbocycles. The highest BCUT2D eigenvalue weighted by Gasteiger charge is 2.16. The third-order valence-corrected chi connectivity index (χ3v) is 3.40. The zero-order chi connectivity index (χ0) is 12.1. The van der Waals surface area contributed by atoms with E-state index in [9.17, 15) is 10.1 Å². The Bertz CT molecular complexity index is 386. The highest BCUT2D eigenvalue weighted by atomic mass is 79.9. The van der Waals surface area contributed by atoms with Crippen molar-refractivity contribution in [2.75, 3.05) is 12.4 Å². The minimum absolute atomic E-state index is 0.0102. The molecule has 0 radical (unpaired) electrons. The van der Waals surface area contributed by atoms with Crippen molar-refractivity contribution >= 4 is 34.2 Å². The maximum atomic E-state index is 10.7. The lowest BCUT2D eigenvalue weighted by molar-refractivity contribution is -0.385. The molecule has 0 aliphatic carbocycles. The van der Waals surface area contributed by atoms with Crippen LogP contribution in [-0.4, -0.2) is 17.3 Å². The molecule has 0 aromatic heterocycles. The lowest BCUT2D eigenvalue weighted by Crippen LogP contribution is -2.10. The Morgan fingerprint density at radius 2 is 2.31 bits per heavy atom. The molecule has 6 heteroatoms. The maximum absolute atomic E-state index is 10.7. The molecule has 0 heterocycles. The van der Waals surface area contributed by atoms with Crippen molar-refractivity contribution in [1.29, 1.82) is 0 Å². The molecule has 0 aliphatic rings. The first-order chi connectivity index (χ1) is 7.56. The van der Waals surface area contributed by atoms with Crippen LogP contribution in [0.2, 0.25) is 0 Å². The molecule has 4 nitrogen and oxygen atoms in total. The van der Waals surface area contributed by atoms with E-state index in [4.69, 9.17) is 4.74 Å². The summed E-state index contributed by atoms with van der Waals surface area (Å²) in [5.74, 6) is 1.50. The molecule has 1 aromatic rings. The number of hydrogen-bond acceptors (Lipinski definition) is 4. The van der Waals surface area contributed by atoms with Gasteiger partial charge < -0.3 is 4.74 Å². The number of ether oxygens (including phenoxy) is 1. The van der Waals surface area contributed by atoms with E-state index in [1.54, 1.807) is 12.1 Å². The first kappa shape index (κ1) is 13.3. The number of nitro benzene ring substituents is 1. The van der Waals surface area contributed by atoms with E-state index in [0.717, 1.165) is 0 Å². The maximum Gasteiger partial charge on any atom is 0.287 e. The van der Waals surface area contributed by atoms with E-state index in [1.165, 1.54) is 6.07 Å². The number of hydrogen-bond donors (Lipinski definition) is 1. The number of rotatable bonds is 5. The van der Waals surface area contributed by atoms with E-state index in [2.05, 4.69) is 28.6 Å². The fourth-order valence-electron chi connectivity index (χ4n) is 1.04. The SMILES string of the molecule is CC(CS)COc1cccc([N+](=O)[O-])c1Br. The summed E-state index contributed by atoms with van der Waals surface area (Å²) in [5, 5.41) is 10.7. The summed E-state index contributed by atoms with van der Waals surface area (Å²) in [5.41, 5.74) is 0.0102. The normalized spacial score (nSPS) is 12.2. The van der Waals surface area contributed by atoms with Crippen LogP contribution in [-0.2, 0) is 0 Å². The summed E-state index contributed by atoms with van der Waals surface area (Å²) in [6.07, 6.45) is 0. The summed E-state index contributed by atoms with van der Waals surface area (Å²) in [4.78, 5) is 10.2. The molecule has 0 aliphatic heterocycles. The zero-order valence-corrected chi connectivity index (χ0v) is 11.2. The molecule has 1 rings (SSSR count). The smallest absolute Gasteiger partial charge is 0.287 e. The van der Waals surface area contributed by atoms with Gasteiger partial charge >= 0.3 is 0 Å². The molecule has 0 saturated heterocycles. The Hall–Kier alpha value is -0.750. The number of benzene rings is 1. The van der Waals surface area contributed by atoms with Gasteiger partial charge in [0, 0.05) is 6.07 Å². The fourth-order valence-corrected chi connectivity index (χ4v) is 1.67. The molecule has 16 heavy (non-hydrogen) atoms. The third-order valence-electron chi connectivity index (χ3n) is 1.97. The molecule has 1 atom stereocenters. The minimum Gasteiger partial charge on any atom is -0.492 e. The average Bonchev–Trinajstić information content (AvgIpc) is 2.26. The van der Waals surface area contributed by atoms with Crippen LogP contribution in [0.5, 0.6) is 5.75 Å². The first-order valence-electron chi connectivity index (χ1n) is 4.72. The zero-order valence-electron chi connectivity index (χ0n) is 8.72. The van der Waals surface area contributed by atoms with Gasteiger partial charge in [-0.2, -0.15) is 12.6 Å². The Kier molecular flexibility index (Phi) is 5.08. The summed E-state index contributed by atoms with van der Waals surface area (Å²) < 4.78 is 5.86. The predicted molar refractivity (Wildman–Crippen MR) is 69.3 cm³/mol. The van der Waals surface area contributed by atoms with Gasteiger partial charge in [-0.3, -0.25) is 10.1 Å². The quantitative estimate of drug-likeness (QED) is 0.516. The van der Waals surface area contributed by atoms with Gasteiger partial charge in [-0.1, -0.05) is 13.0 Å². The molecule has 0 N–H and O–H groups in total. The van der Waals surface area contributed by atoms with E-state index in [1.807, 2.05) is 6.92 Å². The van der Waals surface area contributed by atoms with Gasteiger partial charge in [-0.25, -0.2) is 0 Å². The molecule has 0 fully saturated rings. The Morgan fingerprint density at radius 1 is 1.62 bits per heavy atom. The monoisotopic (exact) mass is 305 g/mol. The topological polar surface area (TPSA) is 52.4 Å². The van der Waals surface area contributed by atoms with Crippen LogP contribution in [0.1, 0.15) is 6.92 Å². The second-order valence-electron chi connectivity index (χ2n) is 3.45. The molecular formula is C10H12BrNO3S. The molecule has 0 bridgehead atoms. The molecular weight excluding hydrogens is 294 g/mol. The largest absolute Gasteiger partial charge is 0.492 e. The Morgan fingerprint density at radius 3 is 2.88 bits per heavy atom. The average molecular weight is 306 g/mol. The van der Waals surface area contributed by atoms with Crippen molar-refractivity contribution in [2.24, 2.45) is 5.92 Å². The van der Waals surface area contributed by atoms with Crippen molar-refractivity contribution in [1.82, 2.24) is 0 Å². The van der Waals surface area contributed by atoms with Crippen molar-refractivity contribution in [3.8, 4) is 5.75 Å². The van der Waals surface area contributed by atoms with Crippen molar-refractivity contribution in [3.05, 3.63) is 32.8 Å². The second kappa shape index (κ2) is 6.10. The van der Waals surface area contributed by atoms with Gasteiger partial charge in [0.1, 0.15) is 10.2 Å². The van der Waals surface area contributed by atoms with Crippen LogP contribution in [0, 0.1) is 16.0 Å². The van der Waals surface area contributed by atoms with Crippen LogP contribution < -0.4 is 4.74 Å². The van der Waals surface area contributed by atoms with Gasteiger partial charge in [0.25, 0.3) is 5.69 Å². The van der Waals surface area contributed by atoms with Crippen LogP contribution in [0.3, 0.4) is 0 Å². The van der Waals surface area contributed by atoms with Crippen LogP contribution >= 0.6 is 28.6 Å². The van der Waals surface area contributed by atoms with Gasteiger partial charge in [-0.05, 0) is 33.7 Å². The standard InChI is InChI=1S/C10H12BrNO3S/c1-7(6-16)5-15-9-4-2-3-8(10(9)11)12(13)14/h2-4,7,16H,5-6H2,1H3. The van der Waals surface area contributed by atoms with E-state index < -0.39 is 4.92 Å². The van der Waals surface area contributed by atoms with E-state index in [0.29, 0.717) is 28.5 Å². The first-order valence-corrected chi connectivity index (χ1v) is 6.15. The molecule has 0 amide bonds. The molecule has 88 valence electrons. The van der Waals surface area contributed by atoms with Crippen molar-refractivity contribution in [3.63, 3.8) is 0 Å². The Balaban J connectivity index is 2.81. The highest BCUT2D eigenvalue weighted by Crippen LogP contribution is 2.33. The number of halogens is 1. The summed E-state index contributed by atoms with van der Waals surface area (Å²) in [6.45, 7) is 2.49. The number of nitro groups is 1. The van der Waals surface area contributed by atoms with E-state index >= 15 is 0 Å².